The van der Waals surface area contributed by atoms with E-state index in [0.717, 1.165) is 26.1 Å². The van der Waals surface area contributed by atoms with Crippen LogP contribution in [0.3, 0.4) is 0 Å². The van der Waals surface area contributed by atoms with E-state index in [1.54, 1.807) is 4.90 Å². The van der Waals surface area contributed by atoms with Crippen molar-refractivity contribution in [1.82, 2.24) is 9.80 Å². The molecule has 2 aliphatic heterocycles. The van der Waals surface area contributed by atoms with Gasteiger partial charge in [0.1, 0.15) is 5.78 Å². The second-order valence-corrected chi connectivity index (χ2v) is 4.68. The second-order valence-electron chi connectivity index (χ2n) is 4.68. The third-order valence-electron chi connectivity index (χ3n) is 3.54. The molecular formula is C11H18N2O2. The molecule has 2 atom stereocenters. The van der Waals surface area contributed by atoms with Crippen LogP contribution >= 0.6 is 0 Å². The van der Waals surface area contributed by atoms with E-state index in [4.69, 9.17) is 0 Å². The predicted molar refractivity (Wildman–Crippen MR) is 56.4 cm³/mol. The fraction of sp³-hybridized carbons (Fsp3) is 0.818. The third kappa shape index (κ3) is 1.91. The highest BCUT2D eigenvalue weighted by Crippen LogP contribution is 2.21. The van der Waals surface area contributed by atoms with Gasteiger partial charge in [-0.1, -0.05) is 6.92 Å². The molecule has 1 amide bonds. The first-order valence-electron chi connectivity index (χ1n) is 5.61. The van der Waals surface area contributed by atoms with E-state index in [1.165, 1.54) is 0 Å². The monoisotopic (exact) mass is 210 g/mol. The number of carbonyl (C=O) groups is 2. The Bertz CT molecular complexity index is 290. The number of hydrogen-bond donors (Lipinski definition) is 0. The second kappa shape index (κ2) is 3.93. The normalized spacial score (nSPS) is 33.9. The minimum Gasteiger partial charge on any atom is -0.344 e. The van der Waals surface area contributed by atoms with Crippen LogP contribution in [0.2, 0.25) is 0 Å². The van der Waals surface area contributed by atoms with Crippen LogP contribution < -0.4 is 0 Å². The standard InChI is InChI=1S/C11H18N2O2/c1-8-7-13(6-4-10(8)14)9-3-5-12(2)11(9)15/h8-9H,3-7H2,1-2H3. The summed E-state index contributed by atoms with van der Waals surface area (Å²) in [6.45, 7) is 4.32. The average molecular weight is 210 g/mol. The van der Waals surface area contributed by atoms with Crippen molar-refractivity contribution < 1.29 is 9.59 Å². The van der Waals surface area contributed by atoms with Crippen molar-refractivity contribution in [3.63, 3.8) is 0 Å². The number of piperidine rings is 1. The molecule has 2 heterocycles. The molecule has 0 aromatic rings. The van der Waals surface area contributed by atoms with Crippen molar-refractivity contribution in [3.8, 4) is 0 Å². The van der Waals surface area contributed by atoms with Crippen molar-refractivity contribution in [2.75, 3.05) is 26.7 Å². The summed E-state index contributed by atoms with van der Waals surface area (Å²) in [6.07, 6.45) is 1.52. The first-order chi connectivity index (χ1) is 7.09. The van der Waals surface area contributed by atoms with Crippen LogP contribution in [0.4, 0.5) is 0 Å². The first kappa shape index (κ1) is 10.6. The number of carbonyl (C=O) groups excluding carboxylic acids is 2. The average Bonchev–Trinajstić information content (AvgIpc) is 2.53. The molecule has 0 aromatic carbocycles. The van der Waals surface area contributed by atoms with E-state index in [1.807, 2.05) is 14.0 Å². The number of rotatable bonds is 1. The highest BCUT2D eigenvalue weighted by molar-refractivity contribution is 5.85. The maximum atomic E-state index is 11.8. The number of nitrogens with zero attached hydrogens (tertiary/aromatic N) is 2. The first-order valence-corrected chi connectivity index (χ1v) is 5.61. The lowest BCUT2D eigenvalue weighted by molar-refractivity contribution is -0.134. The van der Waals surface area contributed by atoms with Crippen LogP contribution in [-0.2, 0) is 9.59 Å². The molecule has 84 valence electrons. The van der Waals surface area contributed by atoms with Crippen LogP contribution in [0.25, 0.3) is 0 Å². The van der Waals surface area contributed by atoms with E-state index >= 15 is 0 Å². The molecule has 0 spiro atoms. The lowest BCUT2D eigenvalue weighted by atomic mass is 9.97. The molecule has 0 saturated carbocycles. The SMILES string of the molecule is CC1CN(C2CCN(C)C2=O)CCC1=O. The van der Waals surface area contributed by atoms with Crippen LogP contribution in [0.15, 0.2) is 0 Å². The summed E-state index contributed by atoms with van der Waals surface area (Å²) < 4.78 is 0. The minimum absolute atomic E-state index is 0.0329. The zero-order chi connectivity index (χ0) is 11.0. The third-order valence-corrected chi connectivity index (χ3v) is 3.54. The molecule has 2 rings (SSSR count). The molecular weight excluding hydrogens is 192 g/mol. The van der Waals surface area contributed by atoms with Gasteiger partial charge in [0.2, 0.25) is 5.91 Å². The smallest absolute Gasteiger partial charge is 0.239 e. The summed E-state index contributed by atoms with van der Waals surface area (Å²) in [6, 6.07) is 0.0329. The Labute approximate surface area is 90.2 Å². The van der Waals surface area contributed by atoms with Gasteiger partial charge in [-0.3, -0.25) is 14.5 Å². The quantitative estimate of drug-likeness (QED) is 0.617. The van der Waals surface area contributed by atoms with E-state index in [-0.39, 0.29) is 17.9 Å². The van der Waals surface area contributed by atoms with Gasteiger partial charge in [0.25, 0.3) is 0 Å². The Morgan fingerprint density at radius 3 is 2.53 bits per heavy atom. The number of likely N-dealkylation sites (N-methyl/N-ethyl adjacent to an activating group) is 1. The summed E-state index contributed by atoms with van der Waals surface area (Å²) in [7, 11) is 1.85. The molecule has 2 aliphatic rings. The Hall–Kier alpha value is -0.900. The lowest BCUT2D eigenvalue weighted by Crippen LogP contribution is -2.48. The fourth-order valence-corrected chi connectivity index (χ4v) is 2.47. The Balaban J connectivity index is 2.00. The largest absolute Gasteiger partial charge is 0.344 e. The molecule has 0 bridgehead atoms. The highest BCUT2D eigenvalue weighted by Gasteiger charge is 2.37. The van der Waals surface area contributed by atoms with Crippen LogP contribution in [0.5, 0.6) is 0 Å². The number of likely N-dealkylation sites (tertiary alicyclic amines) is 2. The molecule has 4 nitrogen and oxygen atoms in total. The molecule has 0 radical (unpaired) electrons. The zero-order valence-electron chi connectivity index (χ0n) is 9.40. The molecule has 2 unspecified atom stereocenters. The molecule has 2 fully saturated rings. The minimum atomic E-state index is 0.0329. The van der Waals surface area contributed by atoms with Crippen molar-refractivity contribution in [2.24, 2.45) is 5.92 Å². The topological polar surface area (TPSA) is 40.6 Å². The van der Waals surface area contributed by atoms with Gasteiger partial charge in [0.05, 0.1) is 6.04 Å². The number of hydrogen-bond acceptors (Lipinski definition) is 3. The summed E-state index contributed by atoms with van der Waals surface area (Å²) >= 11 is 0. The van der Waals surface area contributed by atoms with E-state index in [2.05, 4.69) is 4.90 Å². The Morgan fingerprint density at radius 1 is 1.27 bits per heavy atom. The van der Waals surface area contributed by atoms with Crippen molar-refractivity contribution >= 4 is 11.7 Å². The molecule has 15 heavy (non-hydrogen) atoms. The molecule has 0 aromatic heterocycles. The van der Waals surface area contributed by atoms with Crippen LogP contribution in [-0.4, -0.2) is 54.2 Å². The van der Waals surface area contributed by atoms with Gasteiger partial charge in [-0.25, -0.2) is 0 Å². The van der Waals surface area contributed by atoms with Gasteiger partial charge in [-0.05, 0) is 6.42 Å². The number of Topliss-reactive ketones (excluding diaryl/α,β-unsaturated/α-hetero) is 1. The van der Waals surface area contributed by atoms with Crippen molar-refractivity contribution in [1.29, 1.82) is 0 Å². The molecule has 2 saturated heterocycles. The molecule has 0 N–H and O–H groups in total. The summed E-state index contributed by atoms with van der Waals surface area (Å²) in [5, 5.41) is 0. The van der Waals surface area contributed by atoms with Gasteiger partial charge < -0.3 is 4.90 Å². The molecule has 4 heteroatoms. The lowest BCUT2D eigenvalue weighted by Gasteiger charge is -2.33. The van der Waals surface area contributed by atoms with Crippen LogP contribution in [0, 0.1) is 5.92 Å². The van der Waals surface area contributed by atoms with E-state index in [9.17, 15) is 9.59 Å². The zero-order valence-corrected chi connectivity index (χ0v) is 9.40. The highest BCUT2D eigenvalue weighted by atomic mass is 16.2. The number of ketones is 1. The van der Waals surface area contributed by atoms with Gasteiger partial charge in [0, 0.05) is 39.0 Å². The van der Waals surface area contributed by atoms with Gasteiger partial charge in [-0.15, -0.1) is 0 Å². The van der Waals surface area contributed by atoms with Gasteiger partial charge in [-0.2, -0.15) is 0 Å². The van der Waals surface area contributed by atoms with Gasteiger partial charge in [0.15, 0.2) is 0 Å². The maximum absolute atomic E-state index is 11.8. The van der Waals surface area contributed by atoms with E-state index < -0.39 is 0 Å². The fourth-order valence-electron chi connectivity index (χ4n) is 2.47. The summed E-state index contributed by atoms with van der Waals surface area (Å²) in [4.78, 5) is 27.1. The summed E-state index contributed by atoms with van der Waals surface area (Å²) in [5.41, 5.74) is 0. The Morgan fingerprint density at radius 2 is 2.00 bits per heavy atom. The van der Waals surface area contributed by atoms with Gasteiger partial charge >= 0.3 is 0 Å². The van der Waals surface area contributed by atoms with Crippen LogP contribution in [0.1, 0.15) is 19.8 Å². The molecule has 0 aliphatic carbocycles. The van der Waals surface area contributed by atoms with Crippen molar-refractivity contribution in [3.05, 3.63) is 0 Å². The maximum Gasteiger partial charge on any atom is 0.239 e. The number of amides is 1. The predicted octanol–water partition coefficient (Wildman–Crippen LogP) is 0.128. The Kier molecular flexibility index (Phi) is 2.78. The van der Waals surface area contributed by atoms with Crippen molar-refractivity contribution in [2.45, 2.75) is 25.8 Å². The van der Waals surface area contributed by atoms with E-state index in [0.29, 0.717) is 12.2 Å². The summed E-state index contributed by atoms with van der Waals surface area (Å²) in [5.74, 6) is 0.652.